The Balaban J connectivity index is 2.09. The van der Waals surface area contributed by atoms with E-state index in [9.17, 15) is 18.5 Å². The van der Waals surface area contributed by atoms with Gasteiger partial charge in [0.25, 0.3) is 15.7 Å². The molecule has 0 aliphatic carbocycles. The highest BCUT2D eigenvalue weighted by Gasteiger charge is 2.25. The Labute approximate surface area is 156 Å². The van der Waals surface area contributed by atoms with Crippen molar-refractivity contribution in [1.29, 1.82) is 0 Å². The molecule has 3 aromatic rings. The fourth-order valence-corrected chi connectivity index (χ4v) is 4.19. The van der Waals surface area contributed by atoms with Gasteiger partial charge in [-0.3, -0.25) is 14.8 Å². The minimum absolute atomic E-state index is 0.0839. The SMILES string of the molecule is Cc1cc([N+](=O)[O-])c(C)c(S(=O)(=O)Nc2cc(C)nn2-c2ccccc2)c1. The molecule has 8 nitrogen and oxygen atoms in total. The van der Waals surface area contributed by atoms with E-state index in [1.54, 1.807) is 32.0 Å². The zero-order valence-electron chi connectivity index (χ0n) is 15.0. The van der Waals surface area contributed by atoms with Crippen molar-refractivity contribution >= 4 is 21.5 Å². The molecule has 2 aromatic carbocycles. The first-order valence-corrected chi connectivity index (χ1v) is 9.58. The van der Waals surface area contributed by atoms with Gasteiger partial charge in [0.05, 0.1) is 21.2 Å². The number of rotatable bonds is 5. The summed E-state index contributed by atoms with van der Waals surface area (Å²) in [6, 6.07) is 13.5. The summed E-state index contributed by atoms with van der Waals surface area (Å²) < 4.78 is 29.9. The summed E-state index contributed by atoms with van der Waals surface area (Å²) in [6.07, 6.45) is 0. The number of nitro groups is 1. The van der Waals surface area contributed by atoms with Gasteiger partial charge in [-0.1, -0.05) is 18.2 Å². The predicted molar refractivity (Wildman–Crippen MR) is 102 cm³/mol. The maximum Gasteiger partial charge on any atom is 0.273 e. The van der Waals surface area contributed by atoms with E-state index in [4.69, 9.17) is 0 Å². The van der Waals surface area contributed by atoms with Gasteiger partial charge in [0.1, 0.15) is 5.82 Å². The quantitative estimate of drug-likeness (QED) is 0.533. The van der Waals surface area contributed by atoms with Crippen LogP contribution in [0.5, 0.6) is 0 Å². The van der Waals surface area contributed by atoms with Crippen molar-refractivity contribution in [1.82, 2.24) is 9.78 Å². The van der Waals surface area contributed by atoms with Crippen LogP contribution in [0.3, 0.4) is 0 Å². The molecule has 3 rings (SSSR count). The van der Waals surface area contributed by atoms with Crippen LogP contribution >= 0.6 is 0 Å². The molecule has 0 fully saturated rings. The lowest BCUT2D eigenvalue weighted by atomic mass is 10.1. The van der Waals surface area contributed by atoms with Gasteiger partial charge in [0.2, 0.25) is 0 Å². The van der Waals surface area contributed by atoms with Crippen LogP contribution in [-0.2, 0) is 10.0 Å². The van der Waals surface area contributed by atoms with Crippen LogP contribution in [0, 0.1) is 30.9 Å². The van der Waals surface area contributed by atoms with Crippen LogP contribution in [0.4, 0.5) is 11.5 Å². The van der Waals surface area contributed by atoms with Crippen molar-refractivity contribution < 1.29 is 13.3 Å². The Morgan fingerprint density at radius 2 is 1.74 bits per heavy atom. The zero-order valence-corrected chi connectivity index (χ0v) is 15.8. The van der Waals surface area contributed by atoms with E-state index in [1.807, 2.05) is 18.2 Å². The summed E-state index contributed by atoms with van der Waals surface area (Å²) in [5.41, 5.74) is 1.66. The Bertz CT molecular complexity index is 1120. The molecule has 140 valence electrons. The largest absolute Gasteiger partial charge is 0.273 e. The highest BCUT2D eigenvalue weighted by atomic mass is 32.2. The molecule has 0 aliphatic rings. The molecule has 0 bridgehead atoms. The van der Waals surface area contributed by atoms with Gasteiger partial charge >= 0.3 is 0 Å². The monoisotopic (exact) mass is 386 g/mol. The molecule has 0 spiro atoms. The fraction of sp³-hybridized carbons (Fsp3) is 0.167. The lowest BCUT2D eigenvalue weighted by Gasteiger charge is -2.13. The number of para-hydroxylation sites is 1. The average Bonchev–Trinajstić information content (AvgIpc) is 2.96. The molecule has 0 atom stereocenters. The number of aromatic nitrogens is 2. The number of sulfonamides is 1. The molecule has 0 saturated carbocycles. The van der Waals surface area contributed by atoms with E-state index in [0.717, 1.165) is 0 Å². The number of hydrogen-bond donors (Lipinski definition) is 1. The molecule has 0 amide bonds. The van der Waals surface area contributed by atoms with Crippen molar-refractivity contribution in [2.45, 2.75) is 25.7 Å². The second kappa shape index (κ2) is 6.84. The van der Waals surface area contributed by atoms with Crippen LogP contribution in [0.2, 0.25) is 0 Å². The summed E-state index contributed by atoms with van der Waals surface area (Å²) in [7, 11) is -4.05. The molecule has 1 N–H and O–H groups in total. The van der Waals surface area contributed by atoms with E-state index in [2.05, 4.69) is 9.82 Å². The minimum Gasteiger partial charge on any atom is -0.263 e. The predicted octanol–water partition coefficient (Wildman–Crippen LogP) is 3.51. The minimum atomic E-state index is -4.05. The third-order valence-electron chi connectivity index (χ3n) is 4.03. The van der Waals surface area contributed by atoms with E-state index in [-0.39, 0.29) is 22.0 Å². The molecule has 0 unspecified atom stereocenters. The van der Waals surface area contributed by atoms with Gasteiger partial charge < -0.3 is 0 Å². The summed E-state index contributed by atoms with van der Waals surface area (Å²) in [5.74, 6) is 0.252. The Hall–Kier alpha value is -3.20. The number of nitrogens with zero attached hydrogens (tertiary/aromatic N) is 3. The second-order valence-electron chi connectivity index (χ2n) is 6.19. The van der Waals surface area contributed by atoms with Crippen LogP contribution in [0.25, 0.3) is 5.69 Å². The third kappa shape index (κ3) is 3.68. The Morgan fingerprint density at radius 3 is 2.37 bits per heavy atom. The van der Waals surface area contributed by atoms with Gasteiger partial charge in [0, 0.05) is 17.7 Å². The number of nitrogens with one attached hydrogen (secondary N) is 1. The van der Waals surface area contributed by atoms with Crippen LogP contribution in [-0.4, -0.2) is 23.1 Å². The van der Waals surface area contributed by atoms with E-state index in [0.29, 0.717) is 16.9 Å². The number of anilines is 1. The number of aryl methyl sites for hydroxylation is 2. The van der Waals surface area contributed by atoms with Crippen molar-refractivity contribution in [3.8, 4) is 5.69 Å². The first kappa shape index (κ1) is 18.6. The first-order chi connectivity index (χ1) is 12.7. The lowest BCUT2D eigenvalue weighted by Crippen LogP contribution is -2.17. The summed E-state index contributed by atoms with van der Waals surface area (Å²) in [6.45, 7) is 4.79. The molecule has 0 radical (unpaired) electrons. The van der Waals surface area contributed by atoms with Crippen molar-refractivity contribution in [3.05, 3.63) is 75.5 Å². The van der Waals surface area contributed by atoms with Crippen LogP contribution in [0.15, 0.2) is 53.4 Å². The van der Waals surface area contributed by atoms with Crippen LogP contribution in [0.1, 0.15) is 16.8 Å². The lowest BCUT2D eigenvalue weighted by molar-refractivity contribution is -0.385. The van der Waals surface area contributed by atoms with Crippen molar-refractivity contribution in [2.24, 2.45) is 0 Å². The summed E-state index contributed by atoms with van der Waals surface area (Å²) in [5, 5.41) is 15.6. The van der Waals surface area contributed by atoms with Gasteiger partial charge in [-0.2, -0.15) is 5.10 Å². The molecule has 0 aliphatic heterocycles. The maximum atomic E-state index is 13.0. The molecular formula is C18H18N4O4S. The van der Waals surface area contributed by atoms with Crippen molar-refractivity contribution in [2.75, 3.05) is 4.72 Å². The number of benzene rings is 2. The molecule has 0 saturated heterocycles. The number of hydrogen-bond acceptors (Lipinski definition) is 5. The molecule has 27 heavy (non-hydrogen) atoms. The van der Waals surface area contributed by atoms with Gasteiger partial charge in [0.15, 0.2) is 0 Å². The topological polar surface area (TPSA) is 107 Å². The van der Waals surface area contributed by atoms with Gasteiger partial charge in [-0.25, -0.2) is 13.1 Å². The van der Waals surface area contributed by atoms with Crippen molar-refractivity contribution in [3.63, 3.8) is 0 Å². The van der Waals surface area contributed by atoms with E-state index in [1.165, 1.54) is 23.7 Å². The average molecular weight is 386 g/mol. The highest BCUT2D eigenvalue weighted by Crippen LogP contribution is 2.29. The van der Waals surface area contributed by atoms with E-state index >= 15 is 0 Å². The summed E-state index contributed by atoms with van der Waals surface area (Å²) >= 11 is 0. The maximum absolute atomic E-state index is 13.0. The van der Waals surface area contributed by atoms with Gasteiger partial charge in [-0.15, -0.1) is 0 Å². The normalized spacial score (nSPS) is 11.4. The highest BCUT2D eigenvalue weighted by molar-refractivity contribution is 7.92. The fourth-order valence-electron chi connectivity index (χ4n) is 2.81. The Morgan fingerprint density at radius 1 is 1.07 bits per heavy atom. The number of nitro benzene ring substituents is 1. The molecular weight excluding hydrogens is 368 g/mol. The standard InChI is InChI=1S/C18H18N4O4S/c1-12-9-16(22(23)24)14(3)17(10-12)27(25,26)20-18-11-13(2)19-21(18)15-7-5-4-6-8-15/h4-11,20H,1-3H3. The van der Waals surface area contributed by atoms with Gasteiger partial charge in [-0.05, 0) is 44.5 Å². The third-order valence-corrected chi connectivity index (χ3v) is 5.52. The smallest absolute Gasteiger partial charge is 0.263 e. The molecule has 9 heteroatoms. The second-order valence-corrected chi connectivity index (χ2v) is 7.84. The van der Waals surface area contributed by atoms with E-state index < -0.39 is 14.9 Å². The molecule has 1 aromatic heterocycles. The Kier molecular flexibility index (Phi) is 4.71. The van der Waals surface area contributed by atoms with Crippen LogP contribution < -0.4 is 4.72 Å². The summed E-state index contributed by atoms with van der Waals surface area (Å²) in [4.78, 5) is 10.5. The zero-order chi connectivity index (χ0) is 19.8. The first-order valence-electron chi connectivity index (χ1n) is 8.09. The molecule has 1 heterocycles.